The molecule has 0 aliphatic carbocycles. The molecule has 0 saturated heterocycles. The lowest BCUT2D eigenvalue weighted by Crippen LogP contribution is -2.13. The van der Waals surface area contributed by atoms with E-state index in [1.807, 2.05) is 0 Å². The topological polar surface area (TPSA) is 86.5 Å². The largest absolute Gasteiger partial charge is 0.382 e. The molecule has 20 heavy (non-hydrogen) atoms. The van der Waals surface area contributed by atoms with Gasteiger partial charge in [0.15, 0.2) is 0 Å². The standard InChI is InChI=1S/C13H11NO5S/c15-14(16)13-9-5-4-6-11(13)10-20(17,18)19-12-7-2-1-3-8-12/h1-9H,10H2. The number of para-hydroxylation sites is 2. The van der Waals surface area contributed by atoms with Crippen LogP contribution in [0.4, 0.5) is 5.69 Å². The maximum Gasteiger partial charge on any atom is 0.313 e. The number of nitro benzene ring substituents is 1. The van der Waals surface area contributed by atoms with Crippen molar-refractivity contribution in [3.63, 3.8) is 0 Å². The maximum atomic E-state index is 11.9. The fourth-order valence-corrected chi connectivity index (χ4v) is 2.74. The van der Waals surface area contributed by atoms with Crippen molar-refractivity contribution in [2.45, 2.75) is 5.75 Å². The third kappa shape index (κ3) is 3.55. The molecule has 0 N–H and O–H groups in total. The van der Waals surface area contributed by atoms with Crippen molar-refractivity contribution in [3.8, 4) is 5.75 Å². The van der Waals surface area contributed by atoms with E-state index in [1.165, 1.54) is 30.3 Å². The van der Waals surface area contributed by atoms with Gasteiger partial charge in [0.1, 0.15) is 11.5 Å². The summed E-state index contributed by atoms with van der Waals surface area (Å²) in [4.78, 5) is 10.2. The summed E-state index contributed by atoms with van der Waals surface area (Å²) in [6.07, 6.45) is 0. The minimum atomic E-state index is -3.95. The van der Waals surface area contributed by atoms with Crippen molar-refractivity contribution >= 4 is 15.8 Å². The molecular weight excluding hydrogens is 282 g/mol. The number of nitrogens with zero attached hydrogens (tertiary/aromatic N) is 1. The van der Waals surface area contributed by atoms with E-state index in [2.05, 4.69) is 0 Å². The van der Waals surface area contributed by atoms with Crippen LogP contribution in [-0.2, 0) is 15.9 Å². The van der Waals surface area contributed by atoms with Crippen LogP contribution >= 0.6 is 0 Å². The van der Waals surface area contributed by atoms with Crippen LogP contribution in [0.1, 0.15) is 5.56 Å². The van der Waals surface area contributed by atoms with Crippen molar-refractivity contribution in [1.82, 2.24) is 0 Å². The molecule has 0 unspecified atom stereocenters. The first-order valence-corrected chi connectivity index (χ1v) is 7.25. The number of benzene rings is 2. The molecule has 0 saturated carbocycles. The molecule has 0 spiro atoms. The van der Waals surface area contributed by atoms with Crippen LogP contribution in [0.15, 0.2) is 54.6 Å². The van der Waals surface area contributed by atoms with Gasteiger partial charge in [-0.15, -0.1) is 0 Å². The Balaban J connectivity index is 2.23. The summed E-state index contributed by atoms with van der Waals surface area (Å²) in [5.74, 6) is -0.384. The van der Waals surface area contributed by atoms with Gasteiger partial charge < -0.3 is 4.18 Å². The first kappa shape index (κ1) is 14.0. The van der Waals surface area contributed by atoms with Gasteiger partial charge in [0.2, 0.25) is 0 Å². The van der Waals surface area contributed by atoms with E-state index in [4.69, 9.17) is 4.18 Å². The average molecular weight is 293 g/mol. The van der Waals surface area contributed by atoms with Gasteiger partial charge in [-0.25, -0.2) is 0 Å². The molecule has 0 heterocycles. The second kappa shape index (κ2) is 5.70. The summed E-state index contributed by atoms with van der Waals surface area (Å²) >= 11 is 0. The highest BCUT2D eigenvalue weighted by atomic mass is 32.2. The molecule has 2 rings (SSSR count). The highest BCUT2D eigenvalue weighted by Crippen LogP contribution is 2.22. The molecule has 0 aromatic heterocycles. The van der Waals surface area contributed by atoms with Crippen LogP contribution in [0.3, 0.4) is 0 Å². The second-order valence-corrected chi connectivity index (χ2v) is 5.55. The summed E-state index contributed by atoms with van der Waals surface area (Å²) in [7, 11) is -3.95. The summed E-state index contributed by atoms with van der Waals surface area (Å²) in [6.45, 7) is 0. The van der Waals surface area contributed by atoms with E-state index in [0.717, 1.165) is 0 Å². The van der Waals surface area contributed by atoms with E-state index < -0.39 is 20.8 Å². The van der Waals surface area contributed by atoms with Gasteiger partial charge >= 0.3 is 10.1 Å². The maximum absolute atomic E-state index is 11.9. The first-order valence-electron chi connectivity index (χ1n) is 5.67. The van der Waals surface area contributed by atoms with Crippen molar-refractivity contribution < 1.29 is 17.5 Å². The Morgan fingerprint density at radius 3 is 2.25 bits per heavy atom. The van der Waals surface area contributed by atoms with Gasteiger partial charge in [-0.05, 0) is 12.1 Å². The normalized spacial score (nSPS) is 11.0. The molecule has 0 atom stereocenters. The van der Waals surface area contributed by atoms with E-state index in [-0.39, 0.29) is 17.0 Å². The van der Waals surface area contributed by atoms with Crippen molar-refractivity contribution in [2.24, 2.45) is 0 Å². The lowest BCUT2D eigenvalue weighted by atomic mass is 10.2. The summed E-state index contributed by atoms with van der Waals surface area (Å²) in [6, 6.07) is 13.7. The quantitative estimate of drug-likeness (QED) is 0.480. The molecule has 0 amide bonds. The van der Waals surface area contributed by atoms with E-state index in [0.29, 0.717) is 0 Å². The summed E-state index contributed by atoms with van der Waals surface area (Å²) in [5, 5.41) is 10.8. The Morgan fingerprint density at radius 1 is 1.00 bits per heavy atom. The lowest BCUT2D eigenvalue weighted by molar-refractivity contribution is -0.385. The molecule has 6 nitrogen and oxygen atoms in total. The third-order valence-corrected chi connectivity index (χ3v) is 3.60. The fourth-order valence-electron chi connectivity index (χ4n) is 1.65. The van der Waals surface area contributed by atoms with Gasteiger partial charge in [-0.1, -0.05) is 36.4 Å². The lowest BCUT2D eigenvalue weighted by Gasteiger charge is -2.07. The van der Waals surface area contributed by atoms with Crippen LogP contribution in [-0.4, -0.2) is 13.3 Å². The number of rotatable bonds is 5. The van der Waals surface area contributed by atoms with Crippen LogP contribution < -0.4 is 4.18 Å². The van der Waals surface area contributed by atoms with Crippen molar-refractivity contribution in [1.29, 1.82) is 0 Å². The summed E-state index contributed by atoms with van der Waals surface area (Å²) in [5.41, 5.74) is -0.152. The van der Waals surface area contributed by atoms with Crippen molar-refractivity contribution in [3.05, 3.63) is 70.3 Å². The van der Waals surface area contributed by atoms with Gasteiger partial charge in [0.25, 0.3) is 5.69 Å². The SMILES string of the molecule is O=[N+]([O-])c1ccccc1CS(=O)(=O)Oc1ccccc1. The molecule has 2 aromatic rings. The molecule has 0 fully saturated rings. The van der Waals surface area contributed by atoms with Gasteiger partial charge in [0, 0.05) is 11.6 Å². The third-order valence-electron chi connectivity index (χ3n) is 2.49. The molecule has 104 valence electrons. The Bertz CT molecular complexity index is 713. The Hall–Kier alpha value is -2.41. The Morgan fingerprint density at radius 2 is 1.60 bits per heavy atom. The molecule has 2 aromatic carbocycles. The molecular formula is C13H11NO5S. The molecule has 0 bridgehead atoms. The molecule has 0 radical (unpaired) electrons. The zero-order chi connectivity index (χ0) is 14.6. The van der Waals surface area contributed by atoms with Gasteiger partial charge in [-0.3, -0.25) is 10.1 Å². The molecule has 0 aliphatic heterocycles. The first-order chi connectivity index (χ1) is 9.48. The highest BCUT2D eigenvalue weighted by Gasteiger charge is 2.21. The van der Waals surface area contributed by atoms with E-state index in [9.17, 15) is 18.5 Å². The highest BCUT2D eigenvalue weighted by molar-refractivity contribution is 7.86. The van der Waals surface area contributed by atoms with Crippen LogP contribution in [0.2, 0.25) is 0 Å². The van der Waals surface area contributed by atoms with Crippen LogP contribution in [0.5, 0.6) is 5.75 Å². The van der Waals surface area contributed by atoms with Crippen LogP contribution in [0, 0.1) is 10.1 Å². The predicted molar refractivity (Wildman–Crippen MR) is 72.8 cm³/mol. The fraction of sp³-hybridized carbons (Fsp3) is 0.0769. The number of hydrogen-bond donors (Lipinski definition) is 0. The van der Waals surface area contributed by atoms with Crippen LogP contribution in [0.25, 0.3) is 0 Å². The monoisotopic (exact) mass is 293 g/mol. The van der Waals surface area contributed by atoms with Crippen molar-refractivity contribution in [2.75, 3.05) is 0 Å². The van der Waals surface area contributed by atoms with Gasteiger partial charge in [-0.2, -0.15) is 8.42 Å². The molecule has 7 heteroatoms. The Kier molecular flexibility index (Phi) is 3.99. The Labute approximate surface area is 115 Å². The minimum absolute atomic E-state index is 0.0911. The predicted octanol–water partition coefficient (Wildman–Crippen LogP) is 2.50. The summed E-state index contributed by atoms with van der Waals surface area (Å²) < 4.78 is 28.7. The van der Waals surface area contributed by atoms with Gasteiger partial charge in [0.05, 0.1) is 4.92 Å². The average Bonchev–Trinajstić information content (AvgIpc) is 2.39. The van der Waals surface area contributed by atoms with E-state index in [1.54, 1.807) is 24.3 Å². The number of nitro groups is 1. The zero-order valence-electron chi connectivity index (χ0n) is 10.3. The molecule has 0 aliphatic rings. The minimum Gasteiger partial charge on any atom is -0.382 e. The second-order valence-electron chi connectivity index (χ2n) is 3.98. The zero-order valence-corrected chi connectivity index (χ0v) is 11.1. The van der Waals surface area contributed by atoms with E-state index >= 15 is 0 Å². The smallest absolute Gasteiger partial charge is 0.313 e. The number of hydrogen-bond acceptors (Lipinski definition) is 5.